The summed E-state index contributed by atoms with van der Waals surface area (Å²) in [6, 6.07) is 12.4. The van der Waals surface area contributed by atoms with Crippen LogP contribution in [0.1, 0.15) is 0 Å². The number of hydrogen-bond donors (Lipinski definition) is 2. The van der Waals surface area contributed by atoms with E-state index in [1.165, 1.54) is 6.07 Å². The average Bonchev–Trinajstić information content (AvgIpc) is 2.25. The Hall–Kier alpha value is -1.48. The van der Waals surface area contributed by atoms with Gasteiger partial charge in [-0.1, -0.05) is 30.3 Å². The van der Waals surface area contributed by atoms with Crippen LogP contribution < -0.4 is 10.3 Å². The van der Waals surface area contributed by atoms with E-state index in [1.54, 1.807) is 12.1 Å². The maximum atomic E-state index is 11.1. The molecule has 0 aliphatic carbocycles. The second-order valence-electron chi connectivity index (χ2n) is 3.88. The fraction of sp³-hybridized carbons (Fsp3) is 0.0909. The SMILES string of the molecule is CS(N)(=O)=O.NS(=O)(=O)c1ccc2ccccc2c1. The highest BCUT2D eigenvalue weighted by atomic mass is 32.2. The Bertz CT molecular complexity index is 775. The summed E-state index contributed by atoms with van der Waals surface area (Å²) in [5.41, 5.74) is 0. The Morgan fingerprint density at radius 1 is 0.842 bits per heavy atom. The van der Waals surface area contributed by atoms with Crippen LogP contribution in [0.2, 0.25) is 0 Å². The van der Waals surface area contributed by atoms with Crippen molar-refractivity contribution in [3.05, 3.63) is 42.5 Å². The van der Waals surface area contributed by atoms with Crippen molar-refractivity contribution >= 4 is 30.8 Å². The first-order valence-corrected chi connectivity index (χ1v) is 8.57. The molecule has 19 heavy (non-hydrogen) atoms. The van der Waals surface area contributed by atoms with Crippen molar-refractivity contribution in [2.45, 2.75) is 4.90 Å². The maximum Gasteiger partial charge on any atom is 0.238 e. The van der Waals surface area contributed by atoms with Gasteiger partial charge in [-0.2, -0.15) is 0 Å². The van der Waals surface area contributed by atoms with E-state index in [2.05, 4.69) is 5.14 Å². The Morgan fingerprint density at radius 3 is 1.79 bits per heavy atom. The predicted octanol–water partition coefficient (Wildman–Crippen LogP) is 0.392. The molecule has 0 heterocycles. The minimum Gasteiger partial charge on any atom is -0.229 e. The molecule has 0 radical (unpaired) electrons. The summed E-state index contributed by atoms with van der Waals surface area (Å²) in [5.74, 6) is 0. The third kappa shape index (κ3) is 5.79. The van der Waals surface area contributed by atoms with Crippen molar-refractivity contribution in [3.63, 3.8) is 0 Å². The van der Waals surface area contributed by atoms with E-state index in [4.69, 9.17) is 5.14 Å². The monoisotopic (exact) mass is 302 g/mol. The lowest BCUT2D eigenvalue weighted by Gasteiger charge is -2.00. The van der Waals surface area contributed by atoms with Crippen molar-refractivity contribution in [1.29, 1.82) is 0 Å². The molecule has 0 atom stereocenters. The second kappa shape index (κ2) is 5.66. The Morgan fingerprint density at radius 2 is 1.32 bits per heavy atom. The number of rotatable bonds is 1. The first-order valence-electron chi connectivity index (χ1n) is 5.07. The molecule has 2 aromatic carbocycles. The van der Waals surface area contributed by atoms with Crippen molar-refractivity contribution in [2.24, 2.45) is 10.3 Å². The molecule has 0 aromatic heterocycles. The number of hydrogen-bond acceptors (Lipinski definition) is 4. The summed E-state index contributed by atoms with van der Waals surface area (Å²) in [5, 5.41) is 11.2. The van der Waals surface area contributed by atoms with Crippen LogP contribution in [0, 0.1) is 0 Å². The second-order valence-corrected chi connectivity index (χ2v) is 7.10. The van der Waals surface area contributed by atoms with Crippen LogP contribution >= 0.6 is 0 Å². The van der Waals surface area contributed by atoms with Gasteiger partial charge in [-0.3, -0.25) is 0 Å². The quantitative estimate of drug-likeness (QED) is 0.791. The first kappa shape index (κ1) is 15.6. The van der Waals surface area contributed by atoms with Crippen molar-refractivity contribution < 1.29 is 16.8 Å². The van der Waals surface area contributed by atoms with Gasteiger partial charge in [0.2, 0.25) is 20.0 Å². The molecule has 0 aliphatic heterocycles. The van der Waals surface area contributed by atoms with Crippen LogP contribution in [0.15, 0.2) is 47.4 Å². The van der Waals surface area contributed by atoms with E-state index < -0.39 is 20.0 Å². The molecular weight excluding hydrogens is 288 g/mol. The van der Waals surface area contributed by atoms with Crippen molar-refractivity contribution in [1.82, 2.24) is 0 Å². The molecule has 4 N–H and O–H groups in total. The van der Waals surface area contributed by atoms with Gasteiger partial charge in [0.15, 0.2) is 0 Å². The van der Waals surface area contributed by atoms with E-state index in [-0.39, 0.29) is 4.90 Å². The van der Waals surface area contributed by atoms with Crippen LogP contribution in [-0.4, -0.2) is 23.1 Å². The minimum atomic E-state index is -3.59. The van der Waals surface area contributed by atoms with E-state index in [0.717, 1.165) is 17.0 Å². The average molecular weight is 302 g/mol. The van der Waals surface area contributed by atoms with Gasteiger partial charge >= 0.3 is 0 Å². The standard InChI is InChI=1S/C10H9NO2S.CH5NO2S/c11-14(12,13)10-6-5-8-3-1-2-4-9(8)7-10;1-5(2,3)4/h1-7H,(H2,11,12,13);1H3,(H2,2,3,4). The van der Waals surface area contributed by atoms with Crippen LogP contribution in [0.5, 0.6) is 0 Å². The van der Waals surface area contributed by atoms with Gasteiger partial charge in [0.25, 0.3) is 0 Å². The molecule has 0 bridgehead atoms. The molecular formula is C11H14N2O4S2. The third-order valence-electron chi connectivity index (χ3n) is 2.05. The predicted molar refractivity (Wildman–Crippen MR) is 74.4 cm³/mol. The Balaban J connectivity index is 0.000000312. The zero-order valence-corrected chi connectivity index (χ0v) is 11.8. The van der Waals surface area contributed by atoms with Crippen LogP contribution in [0.25, 0.3) is 10.8 Å². The molecule has 0 saturated carbocycles. The molecule has 0 spiro atoms. The summed E-state index contributed by atoms with van der Waals surface area (Å²) < 4.78 is 40.9. The molecule has 0 amide bonds. The van der Waals surface area contributed by atoms with E-state index in [9.17, 15) is 16.8 Å². The lowest BCUT2D eigenvalue weighted by molar-refractivity contribution is 0.597. The van der Waals surface area contributed by atoms with E-state index in [0.29, 0.717) is 0 Å². The lowest BCUT2D eigenvalue weighted by atomic mass is 10.1. The summed E-state index contributed by atoms with van der Waals surface area (Å²) in [6.07, 6.45) is 0.938. The number of nitrogens with two attached hydrogens (primary N) is 2. The minimum absolute atomic E-state index is 0.149. The van der Waals surface area contributed by atoms with Gasteiger partial charge in [-0.25, -0.2) is 27.1 Å². The van der Waals surface area contributed by atoms with Gasteiger partial charge in [0, 0.05) is 0 Å². The molecule has 0 aliphatic rings. The Kier molecular flexibility index (Phi) is 4.64. The fourth-order valence-corrected chi connectivity index (χ4v) is 1.89. The van der Waals surface area contributed by atoms with Gasteiger partial charge in [-0.05, 0) is 22.9 Å². The van der Waals surface area contributed by atoms with E-state index in [1.807, 2.05) is 24.3 Å². The first-order chi connectivity index (χ1) is 8.57. The molecule has 8 heteroatoms. The van der Waals surface area contributed by atoms with Gasteiger partial charge in [0.05, 0.1) is 11.2 Å². The van der Waals surface area contributed by atoms with E-state index >= 15 is 0 Å². The third-order valence-corrected chi connectivity index (χ3v) is 2.96. The topological polar surface area (TPSA) is 120 Å². The molecule has 0 fully saturated rings. The molecule has 0 unspecified atom stereocenters. The van der Waals surface area contributed by atoms with Crippen LogP contribution in [0.3, 0.4) is 0 Å². The number of fused-ring (bicyclic) bond motifs is 1. The fourth-order valence-electron chi connectivity index (χ4n) is 1.34. The smallest absolute Gasteiger partial charge is 0.229 e. The summed E-state index contributed by atoms with van der Waals surface area (Å²) in [7, 11) is -6.76. The highest BCUT2D eigenvalue weighted by Crippen LogP contribution is 2.17. The number of primary sulfonamides is 2. The zero-order chi connectivity index (χ0) is 14.7. The highest BCUT2D eigenvalue weighted by Gasteiger charge is 2.07. The van der Waals surface area contributed by atoms with Gasteiger partial charge in [-0.15, -0.1) is 0 Å². The Labute approximate surface area is 112 Å². The summed E-state index contributed by atoms with van der Waals surface area (Å²) in [4.78, 5) is 0.149. The molecule has 104 valence electrons. The molecule has 0 saturated heterocycles. The molecule has 6 nitrogen and oxygen atoms in total. The largest absolute Gasteiger partial charge is 0.238 e. The van der Waals surface area contributed by atoms with Crippen molar-refractivity contribution in [3.8, 4) is 0 Å². The summed E-state index contributed by atoms with van der Waals surface area (Å²) >= 11 is 0. The molecule has 2 rings (SSSR count). The highest BCUT2D eigenvalue weighted by molar-refractivity contribution is 7.89. The number of benzene rings is 2. The number of sulfonamides is 2. The van der Waals surface area contributed by atoms with Crippen LogP contribution in [-0.2, 0) is 20.0 Å². The van der Waals surface area contributed by atoms with Crippen LogP contribution in [0.4, 0.5) is 0 Å². The van der Waals surface area contributed by atoms with Gasteiger partial charge < -0.3 is 0 Å². The van der Waals surface area contributed by atoms with Crippen molar-refractivity contribution in [2.75, 3.05) is 6.26 Å². The molecule has 2 aromatic rings. The van der Waals surface area contributed by atoms with Gasteiger partial charge in [0.1, 0.15) is 0 Å². The lowest BCUT2D eigenvalue weighted by Crippen LogP contribution is -2.11. The normalized spacial score (nSPS) is 11.7. The zero-order valence-electron chi connectivity index (χ0n) is 10.1. The summed E-state index contributed by atoms with van der Waals surface area (Å²) in [6.45, 7) is 0. The maximum absolute atomic E-state index is 11.1.